The summed E-state index contributed by atoms with van der Waals surface area (Å²) < 4.78 is 0. The van der Waals surface area contributed by atoms with Crippen LogP contribution < -0.4 is 16.4 Å². The van der Waals surface area contributed by atoms with Gasteiger partial charge in [-0.05, 0) is 60.2 Å². The minimum absolute atomic E-state index is 0.00445. The third kappa shape index (κ3) is 3.57. The number of carbonyl (C=O) groups is 1. The monoisotopic (exact) mass is 398 g/mol. The number of benzene rings is 2. The molecule has 1 aromatic heterocycles. The molecule has 0 saturated carbocycles. The standard InChI is InChI=1S/C25H26N4O/c26-24-22(18-8-9-21-19(13-18)10-12-28-25(21)30)14-20(15-29-24)16-4-6-17(7-5-16)23-3-1-2-11-27-23/h4-9,13-15,23,27H,1-3,10-12H2,(H2,26,29)(H,28,30). The zero-order valence-electron chi connectivity index (χ0n) is 16.9. The Morgan fingerprint density at radius 3 is 2.53 bits per heavy atom. The van der Waals surface area contributed by atoms with Crippen LogP contribution in [0.25, 0.3) is 22.3 Å². The number of piperidine rings is 1. The van der Waals surface area contributed by atoms with E-state index < -0.39 is 0 Å². The molecule has 0 bridgehead atoms. The Kier molecular flexibility index (Phi) is 4.97. The first-order valence-electron chi connectivity index (χ1n) is 10.7. The average Bonchev–Trinajstić information content (AvgIpc) is 2.80. The lowest BCUT2D eigenvalue weighted by Gasteiger charge is -2.24. The molecular weight excluding hydrogens is 372 g/mol. The second kappa shape index (κ2) is 7.92. The van der Waals surface area contributed by atoms with Crippen molar-refractivity contribution >= 4 is 11.7 Å². The van der Waals surface area contributed by atoms with Crippen molar-refractivity contribution < 1.29 is 4.79 Å². The Bertz CT molecular complexity index is 1080. The van der Waals surface area contributed by atoms with E-state index >= 15 is 0 Å². The molecule has 5 heteroatoms. The highest BCUT2D eigenvalue weighted by Crippen LogP contribution is 2.32. The molecule has 1 unspecified atom stereocenters. The van der Waals surface area contributed by atoms with E-state index in [-0.39, 0.29) is 5.91 Å². The number of aromatic nitrogens is 1. The predicted octanol–water partition coefficient (Wildman–Crippen LogP) is 4.10. The van der Waals surface area contributed by atoms with E-state index in [4.69, 9.17) is 5.73 Å². The first kappa shape index (κ1) is 18.8. The Labute approximate surface area is 176 Å². The van der Waals surface area contributed by atoms with E-state index in [1.807, 2.05) is 18.3 Å². The number of pyridine rings is 1. The predicted molar refractivity (Wildman–Crippen MR) is 120 cm³/mol. The maximum Gasteiger partial charge on any atom is 0.251 e. The first-order valence-corrected chi connectivity index (χ1v) is 10.7. The molecule has 30 heavy (non-hydrogen) atoms. The molecule has 4 N–H and O–H groups in total. The van der Waals surface area contributed by atoms with Crippen LogP contribution in [0.5, 0.6) is 0 Å². The minimum Gasteiger partial charge on any atom is -0.383 e. The van der Waals surface area contributed by atoms with Gasteiger partial charge in [0.1, 0.15) is 5.82 Å². The van der Waals surface area contributed by atoms with Crippen LogP contribution in [0.15, 0.2) is 54.7 Å². The molecule has 0 spiro atoms. The van der Waals surface area contributed by atoms with Crippen molar-refractivity contribution in [2.45, 2.75) is 31.7 Å². The van der Waals surface area contributed by atoms with E-state index in [1.54, 1.807) is 0 Å². The molecule has 2 aromatic carbocycles. The molecule has 5 nitrogen and oxygen atoms in total. The molecule has 0 aliphatic carbocycles. The fraction of sp³-hybridized carbons (Fsp3) is 0.280. The molecule has 1 fully saturated rings. The maximum absolute atomic E-state index is 12.0. The van der Waals surface area contributed by atoms with Crippen LogP contribution in [0.3, 0.4) is 0 Å². The number of anilines is 1. The van der Waals surface area contributed by atoms with Crippen LogP contribution in [0.1, 0.15) is 46.8 Å². The van der Waals surface area contributed by atoms with Crippen molar-refractivity contribution in [3.05, 3.63) is 71.4 Å². The molecule has 1 saturated heterocycles. The Balaban J connectivity index is 1.46. The van der Waals surface area contributed by atoms with Crippen LogP contribution in [0.2, 0.25) is 0 Å². The van der Waals surface area contributed by atoms with Crippen LogP contribution >= 0.6 is 0 Å². The largest absolute Gasteiger partial charge is 0.383 e. The maximum atomic E-state index is 12.0. The lowest BCUT2D eigenvalue weighted by atomic mass is 9.93. The molecule has 3 heterocycles. The van der Waals surface area contributed by atoms with Crippen LogP contribution in [-0.4, -0.2) is 24.0 Å². The highest BCUT2D eigenvalue weighted by molar-refractivity contribution is 5.97. The quantitative estimate of drug-likeness (QED) is 0.621. The summed E-state index contributed by atoms with van der Waals surface area (Å²) in [4.78, 5) is 16.5. The average molecular weight is 399 g/mol. The van der Waals surface area contributed by atoms with E-state index in [0.29, 0.717) is 18.4 Å². The van der Waals surface area contributed by atoms with Crippen molar-refractivity contribution in [1.82, 2.24) is 15.6 Å². The highest BCUT2D eigenvalue weighted by atomic mass is 16.1. The van der Waals surface area contributed by atoms with Gasteiger partial charge in [0.2, 0.25) is 0 Å². The lowest BCUT2D eigenvalue weighted by molar-refractivity contribution is 0.0946. The van der Waals surface area contributed by atoms with E-state index in [9.17, 15) is 4.79 Å². The summed E-state index contributed by atoms with van der Waals surface area (Å²) in [6.07, 6.45) is 6.41. The van der Waals surface area contributed by atoms with Gasteiger partial charge in [0.25, 0.3) is 5.91 Å². The third-order valence-electron chi connectivity index (χ3n) is 6.22. The molecular formula is C25H26N4O. The number of fused-ring (bicyclic) bond motifs is 1. The smallest absolute Gasteiger partial charge is 0.251 e. The topological polar surface area (TPSA) is 80.0 Å². The van der Waals surface area contributed by atoms with Gasteiger partial charge < -0.3 is 16.4 Å². The van der Waals surface area contributed by atoms with E-state index in [0.717, 1.165) is 46.3 Å². The number of nitrogens with two attached hydrogens (primary N) is 1. The number of rotatable bonds is 3. The number of nitrogens with zero attached hydrogens (tertiary/aromatic N) is 1. The summed E-state index contributed by atoms with van der Waals surface area (Å²) in [5, 5.41) is 6.49. The fourth-order valence-corrected chi connectivity index (χ4v) is 4.50. The summed E-state index contributed by atoms with van der Waals surface area (Å²) in [5.74, 6) is 0.497. The van der Waals surface area contributed by atoms with E-state index in [2.05, 4.69) is 52.0 Å². The third-order valence-corrected chi connectivity index (χ3v) is 6.22. The van der Waals surface area contributed by atoms with Gasteiger partial charge >= 0.3 is 0 Å². The zero-order chi connectivity index (χ0) is 20.5. The normalized spacial score (nSPS) is 18.5. The number of nitrogens with one attached hydrogen (secondary N) is 2. The number of amides is 1. The Hall–Kier alpha value is -3.18. The lowest BCUT2D eigenvalue weighted by Crippen LogP contribution is -2.31. The minimum atomic E-state index is -0.00445. The van der Waals surface area contributed by atoms with Gasteiger partial charge in [0.15, 0.2) is 0 Å². The van der Waals surface area contributed by atoms with Crippen molar-refractivity contribution in [3.8, 4) is 22.3 Å². The van der Waals surface area contributed by atoms with Crippen molar-refractivity contribution in [1.29, 1.82) is 0 Å². The fourth-order valence-electron chi connectivity index (χ4n) is 4.50. The number of nitrogen functional groups attached to an aromatic ring is 1. The van der Waals surface area contributed by atoms with Gasteiger partial charge in [0.05, 0.1) is 0 Å². The summed E-state index contributed by atoms with van der Waals surface area (Å²) in [7, 11) is 0. The molecule has 3 aromatic rings. The number of carbonyl (C=O) groups excluding carboxylic acids is 1. The van der Waals surface area contributed by atoms with Gasteiger partial charge in [-0.15, -0.1) is 0 Å². The molecule has 1 atom stereocenters. The number of hydrogen-bond donors (Lipinski definition) is 3. The first-order chi connectivity index (χ1) is 14.7. The second-order valence-electron chi connectivity index (χ2n) is 8.16. The van der Waals surface area contributed by atoms with Gasteiger partial charge in [-0.25, -0.2) is 4.98 Å². The number of hydrogen-bond acceptors (Lipinski definition) is 4. The van der Waals surface area contributed by atoms with Gasteiger partial charge in [-0.2, -0.15) is 0 Å². The summed E-state index contributed by atoms with van der Waals surface area (Å²) in [6.45, 7) is 1.77. The van der Waals surface area contributed by atoms with Gasteiger partial charge in [-0.3, -0.25) is 4.79 Å². The van der Waals surface area contributed by atoms with Crippen molar-refractivity contribution in [3.63, 3.8) is 0 Å². The van der Waals surface area contributed by atoms with Gasteiger partial charge in [-0.1, -0.05) is 42.8 Å². The zero-order valence-corrected chi connectivity index (χ0v) is 16.9. The summed E-state index contributed by atoms with van der Waals surface area (Å²) in [6, 6.07) is 17.2. The van der Waals surface area contributed by atoms with Crippen LogP contribution in [-0.2, 0) is 6.42 Å². The van der Waals surface area contributed by atoms with E-state index in [1.165, 1.54) is 24.8 Å². The molecule has 5 rings (SSSR count). The Morgan fingerprint density at radius 1 is 0.900 bits per heavy atom. The molecule has 2 aliphatic rings. The van der Waals surface area contributed by atoms with Crippen molar-refractivity contribution in [2.75, 3.05) is 18.8 Å². The summed E-state index contributed by atoms with van der Waals surface area (Å²) in [5.41, 5.74) is 13.4. The molecule has 152 valence electrons. The molecule has 0 radical (unpaired) electrons. The van der Waals surface area contributed by atoms with Gasteiger partial charge in [0, 0.05) is 35.5 Å². The Morgan fingerprint density at radius 2 is 1.73 bits per heavy atom. The highest BCUT2D eigenvalue weighted by Gasteiger charge is 2.18. The summed E-state index contributed by atoms with van der Waals surface area (Å²) >= 11 is 0. The molecule has 1 amide bonds. The van der Waals surface area contributed by atoms with Crippen molar-refractivity contribution in [2.24, 2.45) is 0 Å². The molecule has 2 aliphatic heterocycles. The second-order valence-corrected chi connectivity index (χ2v) is 8.16. The van der Waals surface area contributed by atoms with Crippen LogP contribution in [0.4, 0.5) is 5.82 Å². The SMILES string of the molecule is Nc1ncc(-c2ccc(C3CCCCN3)cc2)cc1-c1ccc2c(c1)CCNC2=O. The van der Waals surface area contributed by atoms with Crippen LogP contribution in [0, 0.1) is 0 Å².